The van der Waals surface area contributed by atoms with Gasteiger partial charge in [0.2, 0.25) is 0 Å². The molecule has 0 unspecified atom stereocenters. The maximum Gasteiger partial charge on any atom is 0.0656 e. The van der Waals surface area contributed by atoms with Gasteiger partial charge < -0.3 is 5.73 Å². The van der Waals surface area contributed by atoms with Crippen molar-refractivity contribution in [2.75, 3.05) is 6.54 Å². The predicted molar refractivity (Wildman–Crippen MR) is 83.1 cm³/mol. The first-order chi connectivity index (χ1) is 7.81. The number of allylic oxidation sites excluding steroid dienone is 3. The summed E-state index contributed by atoms with van der Waals surface area (Å²) in [6.07, 6.45) is 1.13. The van der Waals surface area contributed by atoms with Crippen LogP contribution >= 0.6 is 0 Å². The maximum absolute atomic E-state index is 5.68. The lowest BCUT2D eigenvalue weighted by molar-refractivity contribution is 0.896. The second kappa shape index (κ2) is 7.67. The van der Waals surface area contributed by atoms with E-state index in [1.165, 1.54) is 40.9 Å². The predicted octanol–water partition coefficient (Wildman–Crippen LogP) is 4.51. The Kier molecular flexibility index (Phi) is 7.40. The van der Waals surface area contributed by atoms with Gasteiger partial charge in [0.15, 0.2) is 0 Å². The largest absolute Gasteiger partial charge is 0.330 e. The number of nitrogens with two attached hydrogens (primary N) is 1. The van der Waals surface area contributed by atoms with E-state index in [-0.39, 0.29) is 0 Å². The molecular formula is C15H29NSi. The monoisotopic (exact) mass is 251 g/mol. The van der Waals surface area contributed by atoms with Gasteiger partial charge in [0, 0.05) is 0 Å². The molecule has 2 N–H and O–H groups in total. The lowest BCUT2D eigenvalue weighted by Crippen LogP contribution is -2.35. The van der Waals surface area contributed by atoms with Crippen LogP contribution in [0.3, 0.4) is 0 Å². The summed E-state index contributed by atoms with van der Waals surface area (Å²) in [5.41, 5.74) is 9.59. The van der Waals surface area contributed by atoms with Crippen LogP contribution in [0.2, 0.25) is 24.2 Å². The maximum atomic E-state index is 5.68. The fourth-order valence-electron chi connectivity index (χ4n) is 2.85. The van der Waals surface area contributed by atoms with E-state index in [2.05, 4.69) is 40.5 Å². The molecule has 0 aliphatic carbocycles. The molecule has 0 aliphatic rings. The number of rotatable bonds is 9. The minimum absolute atomic E-state index is 0.789. The van der Waals surface area contributed by atoms with E-state index in [4.69, 9.17) is 5.73 Å². The lowest BCUT2D eigenvalue weighted by Gasteiger charge is -2.33. The molecule has 0 aromatic carbocycles. The lowest BCUT2D eigenvalue weighted by atomic mass is 10.4. The summed E-state index contributed by atoms with van der Waals surface area (Å²) in [5, 5.41) is 0. The summed E-state index contributed by atoms with van der Waals surface area (Å²) < 4.78 is 0. The highest BCUT2D eigenvalue weighted by atomic mass is 28.3. The Morgan fingerprint density at radius 1 is 0.882 bits per heavy atom. The van der Waals surface area contributed by atoms with E-state index in [9.17, 15) is 0 Å². The van der Waals surface area contributed by atoms with E-state index in [0.717, 1.165) is 13.0 Å². The molecular weight excluding hydrogens is 222 g/mol. The van der Waals surface area contributed by atoms with Crippen LogP contribution in [0.25, 0.3) is 0 Å². The summed E-state index contributed by atoms with van der Waals surface area (Å²) in [7, 11) is -1.38. The molecule has 0 aliphatic heterocycles. The van der Waals surface area contributed by atoms with Crippen LogP contribution in [0.5, 0.6) is 0 Å². The third-order valence-electron chi connectivity index (χ3n) is 2.94. The van der Waals surface area contributed by atoms with Crippen molar-refractivity contribution in [1.29, 1.82) is 0 Å². The third kappa shape index (κ3) is 7.34. The van der Waals surface area contributed by atoms with Gasteiger partial charge >= 0.3 is 0 Å². The van der Waals surface area contributed by atoms with Gasteiger partial charge in [-0.25, -0.2) is 0 Å². The van der Waals surface area contributed by atoms with Crippen LogP contribution in [0.15, 0.2) is 36.5 Å². The minimum atomic E-state index is -1.38. The van der Waals surface area contributed by atoms with Gasteiger partial charge in [-0.1, -0.05) is 22.8 Å². The van der Waals surface area contributed by atoms with Gasteiger partial charge in [0.05, 0.1) is 8.07 Å². The zero-order valence-electron chi connectivity index (χ0n) is 11.9. The van der Waals surface area contributed by atoms with Crippen molar-refractivity contribution in [2.24, 2.45) is 5.73 Å². The molecule has 0 saturated carbocycles. The Hall–Kier alpha value is -0.603. The highest BCUT2D eigenvalue weighted by Crippen LogP contribution is 2.34. The van der Waals surface area contributed by atoms with Gasteiger partial charge in [-0.3, -0.25) is 0 Å². The standard InChI is InChI=1S/C15H29NSi/c1-13(2)10-17(9-7-8-16,11-14(3)4)12-15(5)6/h1,3,5,7-12,16H2,2,4,6H3. The van der Waals surface area contributed by atoms with Gasteiger partial charge in [-0.2, -0.15) is 0 Å². The first-order valence-corrected chi connectivity index (χ1v) is 9.27. The fourth-order valence-corrected chi connectivity index (χ4v) is 8.55. The summed E-state index contributed by atoms with van der Waals surface area (Å²) in [6, 6.07) is 4.84. The normalized spacial score (nSPS) is 11.3. The summed E-state index contributed by atoms with van der Waals surface area (Å²) in [4.78, 5) is 0. The van der Waals surface area contributed by atoms with Crippen LogP contribution in [-0.4, -0.2) is 14.6 Å². The summed E-state index contributed by atoms with van der Waals surface area (Å²) in [6.45, 7) is 19.5. The van der Waals surface area contributed by atoms with Gasteiger partial charge in [-0.15, -0.1) is 19.7 Å². The van der Waals surface area contributed by atoms with Crippen LogP contribution < -0.4 is 5.73 Å². The van der Waals surface area contributed by atoms with Crippen molar-refractivity contribution >= 4 is 8.07 Å². The molecule has 0 fully saturated rings. The number of hydrogen-bond donors (Lipinski definition) is 1. The molecule has 0 heterocycles. The zero-order valence-corrected chi connectivity index (χ0v) is 12.9. The average Bonchev–Trinajstić information content (AvgIpc) is 2.11. The van der Waals surface area contributed by atoms with E-state index in [0.29, 0.717) is 0 Å². The first kappa shape index (κ1) is 16.4. The zero-order chi connectivity index (χ0) is 13.5. The molecule has 98 valence electrons. The molecule has 1 nitrogen and oxygen atoms in total. The summed E-state index contributed by atoms with van der Waals surface area (Å²) >= 11 is 0. The van der Waals surface area contributed by atoms with E-state index in [1.807, 2.05) is 0 Å². The number of hydrogen-bond acceptors (Lipinski definition) is 1. The second-order valence-electron chi connectivity index (χ2n) is 5.79. The van der Waals surface area contributed by atoms with Gasteiger partial charge in [0.1, 0.15) is 0 Å². The van der Waals surface area contributed by atoms with Crippen molar-refractivity contribution in [3.63, 3.8) is 0 Å². The van der Waals surface area contributed by atoms with Crippen LogP contribution in [0, 0.1) is 0 Å². The van der Waals surface area contributed by atoms with Crippen molar-refractivity contribution in [1.82, 2.24) is 0 Å². The Morgan fingerprint density at radius 2 is 1.24 bits per heavy atom. The van der Waals surface area contributed by atoms with E-state index in [1.54, 1.807) is 0 Å². The molecule has 2 heteroatoms. The van der Waals surface area contributed by atoms with Crippen molar-refractivity contribution in [2.45, 2.75) is 51.4 Å². The average molecular weight is 251 g/mol. The van der Waals surface area contributed by atoms with E-state index >= 15 is 0 Å². The first-order valence-electron chi connectivity index (χ1n) is 6.44. The van der Waals surface area contributed by atoms with Gasteiger partial charge in [0.25, 0.3) is 0 Å². The second-order valence-corrected chi connectivity index (χ2v) is 10.4. The van der Waals surface area contributed by atoms with Crippen molar-refractivity contribution in [3.05, 3.63) is 36.5 Å². The smallest absolute Gasteiger partial charge is 0.0656 e. The fraction of sp³-hybridized carbons (Fsp3) is 0.600. The third-order valence-corrected chi connectivity index (χ3v) is 8.42. The highest BCUT2D eigenvalue weighted by Gasteiger charge is 2.31. The SMILES string of the molecule is C=C(C)C[Si](CCCN)(CC(=C)C)CC(=C)C. The molecule has 17 heavy (non-hydrogen) atoms. The molecule has 0 spiro atoms. The van der Waals surface area contributed by atoms with Gasteiger partial charge in [-0.05, 0) is 51.9 Å². The molecule has 0 aromatic rings. The van der Waals surface area contributed by atoms with Crippen LogP contribution in [-0.2, 0) is 0 Å². The molecule has 0 atom stereocenters. The van der Waals surface area contributed by atoms with Crippen molar-refractivity contribution < 1.29 is 0 Å². The topological polar surface area (TPSA) is 26.0 Å². The molecule has 0 saturated heterocycles. The Morgan fingerprint density at radius 3 is 1.47 bits per heavy atom. The minimum Gasteiger partial charge on any atom is -0.330 e. The molecule has 0 radical (unpaired) electrons. The Labute approximate surface area is 109 Å². The Balaban J connectivity index is 4.95. The molecule has 0 aromatic heterocycles. The molecule has 0 amide bonds. The van der Waals surface area contributed by atoms with E-state index < -0.39 is 8.07 Å². The van der Waals surface area contributed by atoms with Crippen molar-refractivity contribution in [3.8, 4) is 0 Å². The molecule has 0 bridgehead atoms. The summed E-state index contributed by atoms with van der Waals surface area (Å²) in [5.74, 6) is 0. The highest BCUT2D eigenvalue weighted by molar-refractivity contribution is 6.81. The molecule has 0 rings (SSSR count). The Bertz CT molecular complexity index is 251. The quantitative estimate of drug-likeness (QED) is 0.473. The van der Waals surface area contributed by atoms with Crippen LogP contribution in [0.1, 0.15) is 27.2 Å². The van der Waals surface area contributed by atoms with Crippen LogP contribution in [0.4, 0.5) is 0 Å².